The Morgan fingerprint density at radius 1 is 1.56 bits per heavy atom. The number of hydrogen-bond donors (Lipinski definition) is 0. The summed E-state index contributed by atoms with van der Waals surface area (Å²) in [7, 11) is -1.16. The van der Waals surface area contributed by atoms with E-state index >= 15 is 0 Å². The van der Waals surface area contributed by atoms with Crippen molar-refractivity contribution in [3.8, 4) is 6.07 Å². The van der Waals surface area contributed by atoms with Crippen LogP contribution in [0.3, 0.4) is 0 Å². The third-order valence-electron chi connectivity index (χ3n) is 2.91. The number of rotatable bonds is 4. The van der Waals surface area contributed by atoms with Gasteiger partial charge in [0.1, 0.15) is 11.9 Å². The highest BCUT2D eigenvalue weighted by Crippen LogP contribution is 2.17. The van der Waals surface area contributed by atoms with Crippen LogP contribution in [0.2, 0.25) is 0 Å². The molecule has 1 aromatic carbocycles. The van der Waals surface area contributed by atoms with Crippen molar-refractivity contribution in [3.05, 3.63) is 35.1 Å². The quantitative estimate of drug-likeness (QED) is 0.839. The topological polar surface area (TPSA) is 50.1 Å². The fraction of sp³-hybridized carbons (Fsp3) is 0.462. The average molecular weight is 267 g/mol. The maximum absolute atomic E-state index is 13.8. The van der Waals surface area contributed by atoms with Crippen molar-refractivity contribution < 1.29 is 13.3 Å². The summed E-state index contributed by atoms with van der Waals surface area (Å²) in [4.78, 5) is 0. The minimum absolute atomic E-state index is 0.00150. The molecule has 5 heteroatoms. The van der Waals surface area contributed by atoms with E-state index in [1.165, 1.54) is 6.07 Å². The van der Waals surface area contributed by atoms with Gasteiger partial charge in [-0.25, -0.2) is 4.39 Å². The van der Waals surface area contributed by atoms with Crippen molar-refractivity contribution in [2.24, 2.45) is 0 Å². The Bertz CT molecular complexity index is 492. The molecule has 18 heavy (non-hydrogen) atoms. The first-order valence-electron chi connectivity index (χ1n) is 5.85. The zero-order valence-electron chi connectivity index (χ0n) is 9.89. The predicted octanol–water partition coefficient (Wildman–Crippen LogP) is 2.13. The second-order valence-electron chi connectivity index (χ2n) is 4.28. The van der Waals surface area contributed by atoms with Crippen molar-refractivity contribution in [2.45, 2.75) is 24.7 Å². The minimum Gasteiger partial charge on any atom is -0.377 e. The summed E-state index contributed by atoms with van der Waals surface area (Å²) < 4.78 is 31.1. The summed E-state index contributed by atoms with van der Waals surface area (Å²) in [6.07, 6.45) is 1.96. The maximum Gasteiger partial charge on any atom is 0.145 e. The third kappa shape index (κ3) is 3.15. The molecule has 3 nitrogen and oxygen atoms in total. The molecular weight excluding hydrogens is 253 g/mol. The van der Waals surface area contributed by atoms with Crippen LogP contribution >= 0.6 is 0 Å². The lowest BCUT2D eigenvalue weighted by Gasteiger charge is -2.09. The molecule has 1 fully saturated rings. The Labute approximate surface area is 108 Å². The second-order valence-corrected chi connectivity index (χ2v) is 5.78. The molecule has 0 aliphatic carbocycles. The van der Waals surface area contributed by atoms with Crippen LogP contribution < -0.4 is 0 Å². The van der Waals surface area contributed by atoms with Crippen LogP contribution in [0.15, 0.2) is 18.2 Å². The molecule has 0 amide bonds. The fourth-order valence-corrected chi connectivity index (χ4v) is 3.36. The number of halogens is 1. The summed E-state index contributed by atoms with van der Waals surface area (Å²) in [6.45, 7) is 0.722. The molecule has 96 valence electrons. The molecule has 2 unspecified atom stereocenters. The predicted molar refractivity (Wildman–Crippen MR) is 66.8 cm³/mol. The molecule has 0 aromatic heterocycles. The minimum atomic E-state index is -1.16. The van der Waals surface area contributed by atoms with E-state index in [1.807, 2.05) is 0 Å². The average Bonchev–Trinajstić information content (AvgIpc) is 2.84. The molecule has 1 aliphatic rings. The highest BCUT2D eigenvalue weighted by Gasteiger charge is 2.19. The van der Waals surface area contributed by atoms with Gasteiger partial charge in [-0.05, 0) is 18.9 Å². The Morgan fingerprint density at radius 2 is 2.39 bits per heavy atom. The second kappa shape index (κ2) is 6.07. The number of nitriles is 1. The summed E-state index contributed by atoms with van der Waals surface area (Å²) in [5, 5.41) is 8.72. The molecule has 2 atom stereocenters. The number of nitrogens with zero attached hydrogens (tertiary/aromatic N) is 1. The van der Waals surface area contributed by atoms with Crippen LogP contribution in [0, 0.1) is 17.1 Å². The van der Waals surface area contributed by atoms with Gasteiger partial charge in [0.2, 0.25) is 0 Å². The molecule has 0 bridgehead atoms. The van der Waals surface area contributed by atoms with Gasteiger partial charge in [-0.1, -0.05) is 12.1 Å². The van der Waals surface area contributed by atoms with Crippen molar-refractivity contribution in [2.75, 3.05) is 12.4 Å². The van der Waals surface area contributed by atoms with E-state index in [1.54, 1.807) is 18.2 Å². The zero-order chi connectivity index (χ0) is 13.0. The molecule has 1 aromatic rings. The molecular formula is C13H14FNO2S. The van der Waals surface area contributed by atoms with Crippen LogP contribution in [0.4, 0.5) is 4.39 Å². The van der Waals surface area contributed by atoms with Crippen LogP contribution in [0.5, 0.6) is 0 Å². The lowest BCUT2D eigenvalue weighted by atomic mass is 10.1. The standard InChI is InChI=1S/C13H14FNO2S/c14-13-10(7-15)3-1-4-11(13)8-18(16)9-12-5-2-6-17-12/h1,3-4,12H,2,5-6,8-9H2. The molecule has 2 rings (SSSR count). The normalized spacial score (nSPS) is 20.6. The fourth-order valence-electron chi connectivity index (χ4n) is 1.99. The van der Waals surface area contributed by atoms with Gasteiger partial charge in [0.05, 0.1) is 23.2 Å². The van der Waals surface area contributed by atoms with Gasteiger partial charge in [-0.3, -0.25) is 4.21 Å². The highest BCUT2D eigenvalue weighted by molar-refractivity contribution is 7.84. The molecule has 1 aliphatic heterocycles. The SMILES string of the molecule is N#Cc1cccc(CS(=O)CC2CCCO2)c1F. The molecule has 0 saturated carbocycles. The third-order valence-corrected chi connectivity index (χ3v) is 4.29. The first-order valence-corrected chi connectivity index (χ1v) is 7.33. The Morgan fingerprint density at radius 3 is 3.06 bits per heavy atom. The van der Waals surface area contributed by atoms with E-state index in [2.05, 4.69) is 0 Å². The lowest BCUT2D eigenvalue weighted by Crippen LogP contribution is -2.17. The zero-order valence-corrected chi connectivity index (χ0v) is 10.7. The van der Waals surface area contributed by atoms with Gasteiger partial charge in [0, 0.05) is 23.0 Å². The first-order chi connectivity index (χ1) is 8.70. The van der Waals surface area contributed by atoms with E-state index < -0.39 is 16.6 Å². The molecule has 1 heterocycles. The highest BCUT2D eigenvalue weighted by atomic mass is 32.2. The Kier molecular flexibility index (Phi) is 4.45. The van der Waals surface area contributed by atoms with Gasteiger partial charge < -0.3 is 4.74 Å². The lowest BCUT2D eigenvalue weighted by molar-refractivity contribution is 0.128. The van der Waals surface area contributed by atoms with Crippen LogP contribution in [-0.4, -0.2) is 22.7 Å². The first kappa shape index (κ1) is 13.2. The van der Waals surface area contributed by atoms with E-state index in [-0.39, 0.29) is 17.4 Å². The van der Waals surface area contributed by atoms with Gasteiger partial charge in [0.15, 0.2) is 0 Å². The Balaban J connectivity index is 2.00. The van der Waals surface area contributed by atoms with E-state index in [9.17, 15) is 8.60 Å². The molecule has 0 radical (unpaired) electrons. The maximum atomic E-state index is 13.8. The van der Waals surface area contributed by atoms with E-state index in [0.717, 1.165) is 19.4 Å². The van der Waals surface area contributed by atoms with E-state index in [4.69, 9.17) is 10.00 Å². The monoisotopic (exact) mass is 267 g/mol. The molecule has 0 N–H and O–H groups in total. The van der Waals surface area contributed by atoms with Crippen molar-refractivity contribution in [1.82, 2.24) is 0 Å². The van der Waals surface area contributed by atoms with Crippen LogP contribution in [0.25, 0.3) is 0 Å². The number of ether oxygens (including phenoxy) is 1. The summed E-state index contributed by atoms with van der Waals surface area (Å²) >= 11 is 0. The Hall–Kier alpha value is -1.25. The van der Waals surface area contributed by atoms with E-state index in [0.29, 0.717) is 11.3 Å². The number of hydrogen-bond acceptors (Lipinski definition) is 3. The summed E-state index contributed by atoms with van der Waals surface area (Å²) in [5.41, 5.74) is 0.340. The van der Waals surface area contributed by atoms with Crippen LogP contribution in [0.1, 0.15) is 24.0 Å². The van der Waals surface area contributed by atoms with Crippen LogP contribution in [-0.2, 0) is 21.3 Å². The molecule has 0 spiro atoms. The van der Waals surface area contributed by atoms with Gasteiger partial charge in [0.25, 0.3) is 0 Å². The smallest absolute Gasteiger partial charge is 0.145 e. The van der Waals surface area contributed by atoms with Crippen molar-refractivity contribution >= 4 is 10.8 Å². The van der Waals surface area contributed by atoms with Gasteiger partial charge >= 0.3 is 0 Å². The summed E-state index contributed by atoms with van der Waals surface area (Å²) in [6, 6.07) is 6.39. The summed E-state index contributed by atoms with van der Waals surface area (Å²) in [5.74, 6) is 0.0259. The van der Waals surface area contributed by atoms with Crippen molar-refractivity contribution in [1.29, 1.82) is 5.26 Å². The molecule has 1 saturated heterocycles. The largest absolute Gasteiger partial charge is 0.377 e. The number of benzene rings is 1. The van der Waals surface area contributed by atoms with Gasteiger partial charge in [-0.15, -0.1) is 0 Å². The van der Waals surface area contributed by atoms with Crippen molar-refractivity contribution in [3.63, 3.8) is 0 Å². The van der Waals surface area contributed by atoms with Gasteiger partial charge in [-0.2, -0.15) is 5.26 Å².